The maximum atomic E-state index is 12.6. The first kappa shape index (κ1) is 17.0. The highest BCUT2D eigenvalue weighted by atomic mass is 32.2. The van der Waals surface area contributed by atoms with Crippen molar-refractivity contribution < 1.29 is 4.79 Å². The maximum Gasteiger partial charge on any atom is 0.233 e. The second-order valence-electron chi connectivity index (χ2n) is 5.54. The molecule has 1 heterocycles. The standard InChI is InChI=1S/C19H20N2OS2/c1-2-12-21(13-15-8-4-3-5-9-15)18(22)14-23-19-20-16-10-6-7-11-17(16)24-19/h3-11H,2,12-14H2,1H3. The molecule has 0 aliphatic carbocycles. The normalized spacial score (nSPS) is 10.9. The van der Waals surface area contributed by atoms with Crippen LogP contribution in [-0.4, -0.2) is 28.1 Å². The number of carbonyl (C=O) groups excluding carboxylic acids is 1. The second kappa shape index (κ2) is 8.31. The van der Waals surface area contributed by atoms with Crippen LogP contribution in [-0.2, 0) is 11.3 Å². The minimum Gasteiger partial charge on any atom is -0.338 e. The molecule has 0 N–H and O–H groups in total. The lowest BCUT2D eigenvalue weighted by molar-refractivity contribution is -0.129. The number of carbonyl (C=O) groups is 1. The molecule has 124 valence electrons. The zero-order valence-corrected chi connectivity index (χ0v) is 15.3. The Bertz CT molecular complexity index is 768. The molecule has 24 heavy (non-hydrogen) atoms. The Morgan fingerprint density at radius 3 is 2.62 bits per heavy atom. The van der Waals surface area contributed by atoms with E-state index < -0.39 is 0 Å². The van der Waals surface area contributed by atoms with Gasteiger partial charge in [0.05, 0.1) is 16.0 Å². The van der Waals surface area contributed by atoms with Gasteiger partial charge in [0.2, 0.25) is 5.91 Å². The number of nitrogens with zero attached hydrogens (tertiary/aromatic N) is 2. The predicted molar refractivity (Wildman–Crippen MR) is 102 cm³/mol. The number of amides is 1. The Kier molecular flexibility index (Phi) is 5.88. The van der Waals surface area contributed by atoms with E-state index in [9.17, 15) is 4.79 Å². The van der Waals surface area contributed by atoms with E-state index in [1.807, 2.05) is 41.3 Å². The lowest BCUT2D eigenvalue weighted by Crippen LogP contribution is -2.32. The molecule has 0 radical (unpaired) electrons. The van der Waals surface area contributed by atoms with Gasteiger partial charge in [-0.15, -0.1) is 11.3 Å². The van der Waals surface area contributed by atoms with E-state index in [-0.39, 0.29) is 5.91 Å². The van der Waals surface area contributed by atoms with Crippen molar-refractivity contribution in [2.24, 2.45) is 0 Å². The Labute approximate surface area is 150 Å². The van der Waals surface area contributed by atoms with E-state index in [2.05, 4.69) is 30.1 Å². The Balaban J connectivity index is 1.62. The van der Waals surface area contributed by atoms with Crippen molar-refractivity contribution in [3.05, 3.63) is 60.2 Å². The highest BCUT2D eigenvalue weighted by Crippen LogP contribution is 2.29. The van der Waals surface area contributed by atoms with Crippen LogP contribution in [0.1, 0.15) is 18.9 Å². The molecule has 0 spiro atoms. The van der Waals surface area contributed by atoms with Crippen molar-refractivity contribution in [3.63, 3.8) is 0 Å². The molecule has 0 atom stereocenters. The lowest BCUT2D eigenvalue weighted by Gasteiger charge is -2.22. The van der Waals surface area contributed by atoms with Crippen molar-refractivity contribution >= 4 is 39.2 Å². The van der Waals surface area contributed by atoms with Gasteiger partial charge in [-0.25, -0.2) is 4.98 Å². The molecule has 0 fully saturated rings. The van der Waals surface area contributed by atoms with E-state index >= 15 is 0 Å². The van der Waals surface area contributed by atoms with Crippen molar-refractivity contribution in [3.8, 4) is 0 Å². The minimum absolute atomic E-state index is 0.171. The number of thioether (sulfide) groups is 1. The number of hydrogen-bond donors (Lipinski definition) is 0. The first-order valence-electron chi connectivity index (χ1n) is 8.06. The summed E-state index contributed by atoms with van der Waals surface area (Å²) in [6.07, 6.45) is 0.963. The molecule has 1 aromatic heterocycles. The largest absolute Gasteiger partial charge is 0.338 e. The topological polar surface area (TPSA) is 33.2 Å². The van der Waals surface area contributed by atoms with Gasteiger partial charge < -0.3 is 4.90 Å². The molecule has 0 bridgehead atoms. The fourth-order valence-electron chi connectivity index (χ4n) is 2.49. The van der Waals surface area contributed by atoms with Crippen LogP contribution in [0.4, 0.5) is 0 Å². The van der Waals surface area contributed by atoms with Crippen LogP contribution in [0.15, 0.2) is 58.9 Å². The number of rotatable bonds is 7. The van der Waals surface area contributed by atoms with Gasteiger partial charge in [-0.1, -0.05) is 61.2 Å². The van der Waals surface area contributed by atoms with Gasteiger partial charge in [0.1, 0.15) is 0 Å². The van der Waals surface area contributed by atoms with Gasteiger partial charge >= 0.3 is 0 Å². The van der Waals surface area contributed by atoms with Crippen LogP contribution >= 0.6 is 23.1 Å². The van der Waals surface area contributed by atoms with E-state index in [0.29, 0.717) is 12.3 Å². The third kappa shape index (κ3) is 4.36. The Hall–Kier alpha value is -1.85. The second-order valence-corrected chi connectivity index (χ2v) is 7.79. The van der Waals surface area contributed by atoms with Crippen LogP contribution in [0.2, 0.25) is 0 Å². The molecule has 3 aromatic rings. The monoisotopic (exact) mass is 356 g/mol. The molecule has 3 rings (SSSR count). The van der Waals surface area contributed by atoms with Crippen molar-refractivity contribution in [2.75, 3.05) is 12.3 Å². The van der Waals surface area contributed by atoms with Crippen LogP contribution in [0.5, 0.6) is 0 Å². The van der Waals surface area contributed by atoms with Crippen molar-refractivity contribution in [2.45, 2.75) is 24.2 Å². The van der Waals surface area contributed by atoms with Crippen LogP contribution < -0.4 is 0 Å². The molecule has 0 aliphatic rings. The summed E-state index contributed by atoms with van der Waals surface area (Å²) in [6, 6.07) is 18.2. The highest BCUT2D eigenvalue weighted by molar-refractivity contribution is 8.01. The predicted octanol–water partition coefficient (Wildman–Crippen LogP) is 4.83. The molecule has 0 saturated heterocycles. The van der Waals surface area contributed by atoms with Gasteiger partial charge in [0, 0.05) is 13.1 Å². The number of fused-ring (bicyclic) bond motifs is 1. The summed E-state index contributed by atoms with van der Waals surface area (Å²) >= 11 is 3.18. The summed E-state index contributed by atoms with van der Waals surface area (Å²) < 4.78 is 2.13. The fourth-order valence-corrected chi connectivity index (χ4v) is 4.46. The molecule has 2 aromatic carbocycles. The smallest absolute Gasteiger partial charge is 0.233 e. The molecule has 1 amide bonds. The number of aromatic nitrogens is 1. The quantitative estimate of drug-likeness (QED) is 0.569. The zero-order valence-electron chi connectivity index (χ0n) is 13.6. The van der Waals surface area contributed by atoms with Gasteiger partial charge in [-0.05, 0) is 24.1 Å². The van der Waals surface area contributed by atoms with E-state index in [1.54, 1.807) is 11.3 Å². The molecule has 0 aliphatic heterocycles. The third-order valence-corrected chi connectivity index (χ3v) is 5.82. The van der Waals surface area contributed by atoms with E-state index in [4.69, 9.17) is 0 Å². The SMILES string of the molecule is CCCN(Cc1ccccc1)C(=O)CSc1nc2ccccc2s1. The Morgan fingerprint density at radius 2 is 1.88 bits per heavy atom. The van der Waals surface area contributed by atoms with Crippen molar-refractivity contribution in [1.82, 2.24) is 9.88 Å². The van der Waals surface area contributed by atoms with E-state index in [0.717, 1.165) is 22.8 Å². The van der Waals surface area contributed by atoms with Gasteiger partial charge in [-0.3, -0.25) is 4.79 Å². The summed E-state index contributed by atoms with van der Waals surface area (Å²) in [5.41, 5.74) is 2.18. The van der Waals surface area contributed by atoms with Crippen LogP contribution in [0.25, 0.3) is 10.2 Å². The van der Waals surface area contributed by atoms with Crippen LogP contribution in [0.3, 0.4) is 0 Å². The zero-order chi connectivity index (χ0) is 16.8. The highest BCUT2D eigenvalue weighted by Gasteiger charge is 2.15. The average Bonchev–Trinajstić information content (AvgIpc) is 3.03. The molecule has 0 saturated carbocycles. The number of para-hydroxylation sites is 1. The van der Waals surface area contributed by atoms with E-state index in [1.165, 1.54) is 22.0 Å². The van der Waals surface area contributed by atoms with Crippen molar-refractivity contribution in [1.29, 1.82) is 0 Å². The third-order valence-electron chi connectivity index (χ3n) is 3.66. The molecular weight excluding hydrogens is 336 g/mol. The average molecular weight is 357 g/mol. The van der Waals surface area contributed by atoms with Gasteiger partial charge in [0.25, 0.3) is 0 Å². The summed E-state index contributed by atoms with van der Waals surface area (Å²) in [7, 11) is 0. The van der Waals surface area contributed by atoms with Gasteiger partial charge in [-0.2, -0.15) is 0 Å². The Morgan fingerprint density at radius 1 is 1.12 bits per heavy atom. The number of thiazole rings is 1. The summed E-state index contributed by atoms with van der Waals surface area (Å²) in [6.45, 7) is 3.56. The summed E-state index contributed by atoms with van der Waals surface area (Å²) in [5, 5.41) is 0. The fraction of sp³-hybridized carbons (Fsp3) is 0.263. The summed E-state index contributed by atoms with van der Waals surface area (Å²) in [4.78, 5) is 19.1. The summed E-state index contributed by atoms with van der Waals surface area (Å²) in [5.74, 6) is 0.608. The molecular formula is C19H20N2OS2. The molecule has 0 unspecified atom stereocenters. The van der Waals surface area contributed by atoms with Gasteiger partial charge in [0.15, 0.2) is 4.34 Å². The first-order valence-corrected chi connectivity index (χ1v) is 9.86. The lowest BCUT2D eigenvalue weighted by atomic mass is 10.2. The molecule has 3 nitrogen and oxygen atoms in total. The maximum absolute atomic E-state index is 12.6. The molecule has 5 heteroatoms. The first-order chi connectivity index (χ1) is 11.8. The minimum atomic E-state index is 0.171. The number of benzene rings is 2. The number of hydrogen-bond acceptors (Lipinski definition) is 4. The van der Waals surface area contributed by atoms with Crippen LogP contribution in [0, 0.1) is 0 Å².